The van der Waals surface area contributed by atoms with E-state index in [0.29, 0.717) is 26.2 Å². The van der Waals surface area contributed by atoms with Gasteiger partial charge in [-0.05, 0) is 52.3 Å². The first-order valence-corrected chi connectivity index (χ1v) is 13.2. The molecule has 9 heteroatoms. The molecule has 2 aliphatic rings. The minimum atomic E-state index is -0.508. The smallest absolute Gasteiger partial charge is 0.410 e. The second kappa shape index (κ2) is 10.6. The third-order valence-electron chi connectivity index (χ3n) is 7.21. The van der Waals surface area contributed by atoms with E-state index < -0.39 is 5.60 Å². The number of nitrogens with zero attached hydrogens (tertiary/aromatic N) is 5. The average molecular weight is 509 g/mol. The van der Waals surface area contributed by atoms with Gasteiger partial charge in [0.25, 0.3) is 0 Å². The summed E-state index contributed by atoms with van der Waals surface area (Å²) < 4.78 is 5.55. The molecule has 2 aromatic rings. The van der Waals surface area contributed by atoms with Crippen molar-refractivity contribution in [2.45, 2.75) is 72.6 Å². The summed E-state index contributed by atoms with van der Waals surface area (Å²) in [7, 11) is 0. The van der Waals surface area contributed by atoms with Crippen LogP contribution < -0.4 is 15.1 Å². The Labute approximate surface area is 220 Å². The van der Waals surface area contributed by atoms with Gasteiger partial charge >= 0.3 is 6.09 Å². The fourth-order valence-electron chi connectivity index (χ4n) is 5.39. The minimum Gasteiger partial charge on any atom is -0.444 e. The van der Waals surface area contributed by atoms with Crippen molar-refractivity contribution in [3.05, 3.63) is 41.9 Å². The van der Waals surface area contributed by atoms with E-state index in [2.05, 4.69) is 52.2 Å². The molecule has 1 fully saturated rings. The van der Waals surface area contributed by atoms with Crippen LogP contribution in [-0.2, 0) is 9.53 Å². The SMILES string of the molecule is CCC1[C@H](C)C(Nc2cnc(C)cn2)c2cc(N3CCN(C(=O)OC(C)(C)C)CC3)ccc2N1C(C)=O. The topological polar surface area (TPSA) is 90.9 Å². The van der Waals surface area contributed by atoms with E-state index in [-0.39, 0.29) is 30.0 Å². The molecule has 1 aromatic carbocycles. The number of nitrogens with one attached hydrogen (secondary N) is 1. The number of hydrogen-bond donors (Lipinski definition) is 1. The van der Waals surface area contributed by atoms with Crippen LogP contribution in [0.4, 0.5) is 22.0 Å². The summed E-state index contributed by atoms with van der Waals surface area (Å²) in [5.74, 6) is 0.923. The maximum atomic E-state index is 12.8. The van der Waals surface area contributed by atoms with Gasteiger partial charge in [-0.3, -0.25) is 9.78 Å². The second-order valence-electron chi connectivity index (χ2n) is 11.1. The standard InChI is InChI=1S/C28H40N6O3/c1-8-23-19(3)26(31-25-17-29-18(2)16-30-25)22-15-21(9-10-24(22)34(23)20(4)35)32-11-13-33(14-12-32)27(36)37-28(5,6)7/h9-10,15-17,19,23,26H,8,11-14H2,1-7H3,(H,30,31)/t19-,23?,26?/m0/s1. The number of fused-ring (bicyclic) bond motifs is 1. The molecule has 200 valence electrons. The van der Waals surface area contributed by atoms with Crippen molar-refractivity contribution in [2.75, 3.05) is 41.3 Å². The Kier molecular flexibility index (Phi) is 7.62. The number of anilines is 3. The van der Waals surface area contributed by atoms with E-state index in [1.807, 2.05) is 32.6 Å². The van der Waals surface area contributed by atoms with Crippen molar-refractivity contribution in [3.8, 4) is 0 Å². The van der Waals surface area contributed by atoms with Gasteiger partial charge in [0.1, 0.15) is 11.4 Å². The second-order valence-corrected chi connectivity index (χ2v) is 11.1. The zero-order valence-electron chi connectivity index (χ0n) is 23.1. The monoisotopic (exact) mass is 508 g/mol. The number of rotatable bonds is 4. The number of aromatic nitrogens is 2. The maximum Gasteiger partial charge on any atom is 0.410 e. The summed E-state index contributed by atoms with van der Waals surface area (Å²) in [6.45, 7) is 16.2. The number of amides is 2. The van der Waals surface area contributed by atoms with Crippen molar-refractivity contribution in [3.63, 3.8) is 0 Å². The fraction of sp³-hybridized carbons (Fsp3) is 0.571. The Morgan fingerprint density at radius 1 is 1.11 bits per heavy atom. The van der Waals surface area contributed by atoms with Crippen LogP contribution in [0.25, 0.3) is 0 Å². The number of hydrogen-bond acceptors (Lipinski definition) is 7. The largest absolute Gasteiger partial charge is 0.444 e. The molecule has 0 radical (unpaired) electrons. The van der Waals surface area contributed by atoms with Crippen LogP contribution in [0.15, 0.2) is 30.6 Å². The van der Waals surface area contributed by atoms with Crippen LogP contribution in [0.3, 0.4) is 0 Å². The Morgan fingerprint density at radius 2 is 1.81 bits per heavy atom. The molecule has 2 aliphatic heterocycles. The van der Waals surface area contributed by atoms with Gasteiger partial charge in [0.15, 0.2) is 0 Å². The van der Waals surface area contributed by atoms with E-state index in [0.717, 1.165) is 34.9 Å². The summed E-state index contributed by atoms with van der Waals surface area (Å²) >= 11 is 0. The van der Waals surface area contributed by atoms with E-state index in [4.69, 9.17) is 4.74 Å². The van der Waals surface area contributed by atoms with Crippen LogP contribution in [0.5, 0.6) is 0 Å². The lowest BCUT2D eigenvalue weighted by atomic mass is 9.80. The van der Waals surface area contributed by atoms with Gasteiger partial charge in [-0.2, -0.15) is 0 Å². The van der Waals surface area contributed by atoms with Crippen molar-refractivity contribution < 1.29 is 14.3 Å². The molecular formula is C28H40N6O3. The van der Waals surface area contributed by atoms with E-state index in [9.17, 15) is 9.59 Å². The van der Waals surface area contributed by atoms with Crippen molar-refractivity contribution in [1.82, 2.24) is 14.9 Å². The highest BCUT2D eigenvalue weighted by Crippen LogP contribution is 2.44. The Balaban J connectivity index is 1.62. The number of ether oxygens (including phenoxy) is 1. The van der Waals surface area contributed by atoms with E-state index in [1.165, 1.54) is 0 Å². The summed E-state index contributed by atoms with van der Waals surface area (Å²) in [6, 6.07) is 6.38. The third-order valence-corrected chi connectivity index (χ3v) is 7.21. The van der Waals surface area contributed by atoms with Gasteiger partial charge in [-0.25, -0.2) is 9.78 Å². The number of carbonyl (C=O) groups is 2. The molecule has 0 bridgehead atoms. The minimum absolute atomic E-state index is 0.0319. The molecule has 1 saturated heterocycles. The zero-order valence-corrected chi connectivity index (χ0v) is 23.1. The predicted octanol–water partition coefficient (Wildman–Crippen LogP) is 4.78. The lowest BCUT2D eigenvalue weighted by molar-refractivity contribution is -0.117. The van der Waals surface area contributed by atoms with Crippen LogP contribution in [0.2, 0.25) is 0 Å². The van der Waals surface area contributed by atoms with Gasteiger partial charge in [0.2, 0.25) is 5.91 Å². The molecule has 9 nitrogen and oxygen atoms in total. The van der Waals surface area contributed by atoms with Crippen molar-refractivity contribution in [1.29, 1.82) is 0 Å². The molecule has 3 atom stereocenters. The zero-order chi connectivity index (χ0) is 26.9. The van der Waals surface area contributed by atoms with Gasteiger partial charge in [-0.1, -0.05) is 13.8 Å². The normalized spacial score (nSPS) is 21.9. The fourth-order valence-corrected chi connectivity index (χ4v) is 5.39. The lowest BCUT2D eigenvalue weighted by Crippen LogP contribution is -2.51. The van der Waals surface area contributed by atoms with Crippen molar-refractivity contribution >= 4 is 29.2 Å². The first-order chi connectivity index (χ1) is 17.5. The maximum absolute atomic E-state index is 12.8. The molecule has 0 aliphatic carbocycles. The molecule has 3 heterocycles. The number of benzene rings is 1. The van der Waals surface area contributed by atoms with Gasteiger partial charge in [0, 0.05) is 62.0 Å². The Hall–Kier alpha value is -3.36. The number of carbonyl (C=O) groups excluding carboxylic acids is 2. The van der Waals surface area contributed by atoms with Crippen LogP contribution >= 0.6 is 0 Å². The summed E-state index contributed by atoms with van der Waals surface area (Å²) in [6.07, 6.45) is 4.11. The number of aryl methyl sites for hydroxylation is 1. The van der Waals surface area contributed by atoms with Gasteiger partial charge in [0.05, 0.1) is 24.1 Å². The van der Waals surface area contributed by atoms with Crippen LogP contribution in [0, 0.1) is 12.8 Å². The molecule has 2 unspecified atom stereocenters. The molecular weight excluding hydrogens is 468 g/mol. The number of piperazine rings is 1. The Morgan fingerprint density at radius 3 is 2.38 bits per heavy atom. The molecule has 1 N–H and O–H groups in total. The predicted molar refractivity (Wildman–Crippen MR) is 146 cm³/mol. The molecule has 4 rings (SSSR count). The van der Waals surface area contributed by atoms with Gasteiger partial charge < -0.3 is 24.8 Å². The van der Waals surface area contributed by atoms with E-state index >= 15 is 0 Å². The quantitative estimate of drug-likeness (QED) is 0.636. The summed E-state index contributed by atoms with van der Waals surface area (Å²) in [4.78, 5) is 40.2. The molecule has 0 spiro atoms. The summed E-state index contributed by atoms with van der Waals surface area (Å²) in [5, 5.41) is 3.61. The van der Waals surface area contributed by atoms with Crippen molar-refractivity contribution in [2.24, 2.45) is 5.92 Å². The molecule has 0 saturated carbocycles. The van der Waals surface area contributed by atoms with E-state index in [1.54, 1.807) is 24.2 Å². The average Bonchev–Trinajstić information content (AvgIpc) is 2.85. The lowest BCUT2D eigenvalue weighted by Gasteiger charge is -2.46. The summed E-state index contributed by atoms with van der Waals surface area (Å²) in [5.41, 5.74) is 3.44. The molecule has 2 amide bonds. The Bertz CT molecular complexity index is 1120. The highest BCUT2D eigenvalue weighted by molar-refractivity contribution is 5.94. The molecule has 1 aromatic heterocycles. The van der Waals surface area contributed by atoms with Crippen LogP contribution in [0.1, 0.15) is 65.3 Å². The highest BCUT2D eigenvalue weighted by atomic mass is 16.6. The highest BCUT2D eigenvalue weighted by Gasteiger charge is 2.40. The molecule has 37 heavy (non-hydrogen) atoms. The third kappa shape index (κ3) is 5.81. The first kappa shape index (κ1) is 26.7. The van der Waals surface area contributed by atoms with Crippen LogP contribution in [-0.4, -0.2) is 64.7 Å². The first-order valence-electron chi connectivity index (χ1n) is 13.2. The van der Waals surface area contributed by atoms with Gasteiger partial charge in [-0.15, -0.1) is 0 Å².